The Hall–Kier alpha value is -1.76. The van der Waals surface area contributed by atoms with Crippen LogP contribution >= 0.6 is 11.8 Å². The number of nitrogens with one attached hydrogen (secondary N) is 1. The maximum Gasteiger partial charge on any atom is 0.416 e. The van der Waals surface area contributed by atoms with Crippen LogP contribution < -0.4 is 5.32 Å². The summed E-state index contributed by atoms with van der Waals surface area (Å²) in [4.78, 5) is 8.24. The van der Waals surface area contributed by atoms with Crippen molar-refractivity contribution in [3.63, 3.8) is 0 Å². The Morgan fingerprint density at radius 3 is 2.29 bits per heavy atom. The van der Waals surface area contributed by atoms with Crippen LogP contribution in [0, 0.1) is 0 Å². The molecule has 0 radical (unpaired) electrons. The summed E-state index contributed by atoms with van der Waals surface area (Å²) < 4.78 is 37.5. The van der Waals surface area contributed by atoms with Gasteiger partial charge in [0.25, 0.3) is 0 Å². The second-order valence-corrected chi connectivity index (χ2v) is 5.44. The Kier molecular flexibility index (Phi) is 5.06. The molecule has 0 aliphatic carbocycles. The van der Waals surface area contributed by atoms with Gasteiger partial charge in [-0.05, 0) is 36.8 Å². The number of rotatable bonds is 5. The van der Waals surface area contributed by atoms with E-state index in [1.165, 1.54) is 23.9 Å². The first-order chi connectivity index (χ1) is 9.99. The fourth-order valence-corrected chi connectivity index (χ4v) is 2.49. The number of thioether (sulfide) groups is 1. The molecule has 2 rings (SSSR count). The third-order valence-electron chi connectivity index (χ3n) is 2.70. The van der Waals surface area contributed by atoms with Gasteiger partial charge >= 0.3 is 6.18 Å². The summed E-state index contributed by atoms with van der Waals surface area (Å²) in [5, 5.41) is 3.79. The molecule has 1 aromatic carbocycles. The van der Waals surface area contributed by atoms with Gasteiger partial charge in [0.05, 0.1) is 10.9 Å². The molecule has 0 bridgehead atoms. The molecule has 1 heterocycles. The quantitative estimate of drug-likeness (QED) is 0.503. The Bertz CT molecular complexity index is 558. The van der Waals surface area contributed by atoms with Gasteiger partial charge < -0.3 is 5.32 Å². The minimum atomic E-state index is -4.31. The average Bonchev–Trinajstić information content (AvgIpc) is 2.47. The highest BCUT2D eigenvalue weighted by molar-refractivity contribution is 7.99. The molecule has 112 valence electrons. The molecule has 7 heteroatoms. The van der Waals surface area contributed by atoms with Crippen molar-refractivity contribution in [1.29, 1.82) is 0 Å². The number of alkyl halides is 3. The van der Waals surface area contributed by atoms with Gasteiger partial charge in [-0.25, -0.2) is 9.97 Å². The van der Waals surface area contributed by atoms with Crippen LogP contribution in [0.25, 0.3) is 0 Å². The molecule has 3 nitrogen and oxygen atoms in total. The van der Waals surface area contributed by atoms with E-state index in [9.17, 15) is 13.2 Å². The number of nitrogens with zero attached hydrogens (tertiary/aromatic N) is 2. The molecule has 0 spiro atoms. The average molecular weight is 313 g/mol. The van der Waals surface area contributed by atoms with E-state index < -0.39 is 11.7 Å². The second kappa shape index (κ2) is 6.80. The van der Waals surface area contributed by atoms with Gasteiger partial charge in [-0.2, -0.15) is 13.2 Å². The van der Waals surface area contributed by atoms with Crippen LogP contribution in [0.2, 0.25) is 0 Å². The van der Waals surface area contributed by atoms with Crippen LogP contribution in [0.5, 0.6) is 0 Å². The lowest BCUT2D eigenvalue weighted by Crippen LogP contribution is -2.15. The molecule has 1 N–H and O–H groups in total. The van der Waals surface area contributed by atoms with Crippen molar-refractivity contribution in [1.82, 2.24) is 9.97 Å². The normalized spacial score (nSPS) is 13.0. The van der Waals surface area contributed by atoms with Gasteiger partial charge in [0, 0.05) is 18.1 Å². The molecule has 0 saturated heterocycles. The van der Waals surface area contributed by atoms with Crippen LogP contribution in [0.4, 0.5) is 18.9 Å². The number of hydrogen-bond donors (Lipinski definition) is 1. The molecule has 21 heavy (non-hydrogen) atoms. The predicted molar refractivity (Wildman–Crippen MR) is 77.0 cm³/mol. The Balaban J connectivity index is 2.02. The Morgan fingerprint density at radius 2 is 1.76 bits per heavy atom. The van der Waals surface area contributed by atoms with E-state index in [0.29, 0.717) is 10.8 Å². The first-order valence-corrected chi connectivity index (χ1v) is 7.24. The van der Waals surface area contributed by atoms with Crippen LogP contribution in [-0.4, -0.2) is 15.3 Å². The fraction of sp³-hybridized carbons (Fsp3) is 0.286. The van der Waals surface area contributed by atoms with Crippen LogP contribution in [0.1, 0.15) is 18.9 Å². The lowest BCUT2D eigenvalue weighted by Gasteiger charge is -2.17. The van der Waals surface area contributed by atoms with Crippen molar-refractivity contribution in [2.45, 2.75) is 30.1 Å². The lowest BCUT2D eigenvalue weighted by molar-refractivity contribution is -0.137. The van der Waals surface area contributed by atoms with Crippen molar-refractivity contribution in [3.8, 4) is 0 Å². The van der Waals surface area contributed by atoms with Gasteiger partial charge in [0.15, 0.2) is 5.16 Å². The van der Waals surface area contributed by atoms with Crippen LogP contribution in [-0.2, 0) is 6.18 Å². The fourth-order valence-electron chi connectivity index (χ4n) is 1.63. The molecule has 1 aromatic heterocycles. The van der Waals surface area contributed by atoms with E-state index in [0.717, 1.165) is 18.6 Å². The monoisotopic (exact) mass is 313 g/mol. The van der Waals surface area contributed by atoms with E-state index in [2.05, 4.69) is 15.3 Å². The minimum Gasteiger partial charge on any atom is -0.373 e. The maximum atomic E-state index is 12.5. The molecule has 0 saturated carbocycles. The summed E-state index contributed by atoms with van der Waals surface area (Å²) in [6.45, 7) is 1.98. The van der Waals surface area contributed by atoms with E-state index in [4.69, 9.17) is 0 Å². The van der Waals surface area contributed by atoms with Crippen molar-refractivity contribution in [2.75, 3.05) is 5.32 Å². The number of halogens is 3. The highest BCUT2D eigenvalue weighted by atomic mass is 32.2. The molecule has 0 amide bonds. The maximum absolute atomic E-state index is 12.5. The van der Waals surface area contributed by atoms with Gasteiger partial charge in [0.2, 0.25) is 0 Å². The summed E-state index contributed by atoms with van der Waals surface area (Å²) in [6, 6.07) is 6.72. The Labute approximate surface area is 125 Å². The predicted octanol–water partition coefficient (Wildman–Crippen LogP) is 4.44. The second-order valence-electron chi connectivity index (χ2n) is 4.27. The molecule has 2 aromatic rings. The third kappa shape index (κ3) is 4.63. The molecule has 0 aliphatic rings. The summed E-state index contributed by atoms with van der Waals surface area (Å²) in [7, 11) is 0. The molecule has 1 unspecified atom stereocenters. The van der Waals surface area contributed by atoms with Gasteiger partial charge in [-0.1, -0.05) is 18.7 Å². The highest BCUT2D eigenvalue weighted by Crippen LogP contribution is 2.30. The Morgan fingerprint density at radius 1 is 1.14 bits per heavy atom. The van der Waals surface area contributed by atoms with Crippen molar-refractivity contribution < 1.29 is 13.2 Å². The van der Waals surface area contributed by atoms with Crippen molar-refractivity contribution in [2.24, 2.45) is 0 Å². The molecule has 0 aliphatic heterocycles. The highest BCUT2D eigenvalue weighted by Gasteiger charge is 2.29. The first-order valence-electron chi connectivity index (χ1n) is 6.36. The molecule has 0 fully saturated rings. The third-order valence-corrected chi connectivity index (χ3v) is 3.86. The number of aromatic nitrogens is 2. The van der Waals surface area contributed by atoms with Crippen LogP contribution in [0.3, 0.4) is 0 Å². The lowest BCUT2D eigenvalue weighted by atomic mass is 10.2. The summed E-state index contributed by atoms with van der Waals surface area (Å²) >= 11 is 1.44. The van der Waals surface area contributed by atoms with Gasteiger partial charge in [-0.3, -0.25) is 0 Å². The van der Waals surface area contributed by atoms with E-state index >= 15 is 0 Å². The van der Waals surface area contributed by atoms with Gasteiger partial charge in [0.1, 0.15) is 0 Å². The minimum absolute atomic E-state index is 0.0101. The number of benzene rings is 1. The van der Waals surface area contributed by atoms with E-state index in [-0.39, 0.29) is 5.37 Å². The number of hydrogen-bond acceptors (Lipinski definition) is 4. The largest absolute Gasteiger partial charge is 0.416 e. The van der Waals surface area contributed by atoms with E-state index in [1.807, 2.05) is 6.92 Å². The zero-order valence-electron chi connectivity index (χ0n) is 11.3. The zero-order chi connectivity index (χ0) is 15.3. The molecular formula is C14H14F3N3S. The van der Waals surface area contributed by atoms with E-state index in [1.54, 1.807) is 18.5 Å². The standard InChI is InChI=1S/C14H14F3N3S/c1-2-12(21-13-18-8-3-9-19-13)20-11-6-4-10(5-7-11)14(15,16)17/h3-9,12,20H,2H2,1H3. The topological polar surface area (TPSA) is 37.8 Å². The molecular weight excluding hydrogens is 299 g/mol. The van der Waals surface area contributed by atoms with Crippen molar-refractivity contribution >= 4 is 17.4 Å². The molecule has 1 atom stereocenters. The summed E-state index contributed by atoms with van der Waals surface area (Å²) in [6.07, 6.45) is -0.223. The van der Waals surface area contributed by atoms with Crippen molar-refractivity contribution in [3.05, 3.63) is 48.3 Å². The summed E-state index contributed by atoms with van der Waals surface area (Å²) in [5.74, 6) is 0. The van der Waals surface area contributed by atoms with Crippen LogP contribution in [0.15, 0.2) is 47.9 Å². The smallest absolute Gasteiger partial charge is 0.373 e. The SMILES string of the molecule is CCC(Nc1ccc(C(F)(F)F)cc1)Sc1ncccn1. The van der Waals surface area contributed by atoms with Gasteiger partial charge in [-0.15, -0.1) is 0 Å². The zero-order valence-corrected chi connectivity index (χ0v) is 12.1. The number of anilines is 1. The first kappa shape index (κ1) is 15.6. The summed E-state index contributed by atoms with van der Waals surface area (Å²) in [5.41, 5.74) is -0.0153.